The van der Waals surface area contributed by atoms with E-state index in [9.17, 15) is 8.42 Å². The van der Waals surface area contributed by atoms with Crippen LogP contribution in [0.15, 0.2) is 6.07 Å². The predicted molar refractivity (Wildman–Crippen MR) is 56.9 cm³/mol. The Kier molecular flexibility index (Phi) is 4.03. The molecule has 0 aliphatic heterocycles. The van der Waals surface area contributed by atoms with Crippen LogP contribution in [0.2, 0.25) is 0 Å². The molecule has 1 aromatic rings. The van der Waals surface area contributed by atoms with Crippen LogP contribution in [0.1, 0.15) is 11.4 Å². The molecule has 0 spiro atoms. The summed E-state index contributed by atoms with van der Waals surface area (Å²) >= 11 is 0. The van der Waals surface area contributed by atoms with E-state index in [-0.39, 0.29) is 18.9 Å². The highest BCUT2D eigenvalue weighted by Gasteiger charge is 2.22. The SMILES string of the molecule is COCc1cc(CO)nn1S(=O)(=O)N(C)C. The molecule has 1 aromatic heterocycles. The normalized spacial score (nSPS) is 12.3. The highest BCUT2D eigenvalue weighted by molar-refractivity contribution is 7.87. The van der Waals surface area contributed by atoms with E-state index in [0.29, 0.717) is 5.69 Å². The number of hydrogen-bond donors (Lipinski definition) is 1. The van der Waals surface area contributed by atoms with Crippen molar-refractivity contribution in [3.05, 3.63) is 17.5 Å². The van der Waals surface area contributed by atoms with E-state index in [1.54, 1.807) is 0 Å². The maximum atomic E-state index is 11.8. The first-order valence-corrected chi connectivity index (χ1v) is 5.93. The van der Waals surface area contributed by atoms with Gasteiger partial charge in [0.2, 0.25) is 0 Å². The molecule has 1 rings (SSSR count). The van der Waals surface area contributed by atoms with Crippen LogP contribution in [-0.2, 0) is 28.2 Å². The Balaban J connectivity index is 3.26. The molecule has 0 saturated carbocycles. The maximum absolute atomic E-state index is 11.8. The summed E-state index contributed by atoms with van der Waals surface area (Å²) in [5.41, 5.74) is 0.665. The van der Waals surface area contributed by atoms with Crippen LogP contribution in [0.4, 0.5) is 0 Å². The lowest BCUT2D eigenvalue weighted by Gasteiger charge is -2.13. The van der Waals surface area contributed by atoms with Crippen LogP contribution in [0.3, 0.4) is 0 Å². The van der Waals surface area contributed by atoms with Gasteiger partial charge in [-0.2, -0.15) is 17.8 Å². The quantitative estimate of drug-likeness (QED) is 0.736. The Morgan fingerprint density at radius 3 is 2.62 bits per heavy atom. The van der Waals surface area contributed by atoms with E-state index in [0.717, 1.165) is 8.39 Å². The van der Waals surface area contributed by atoms with E-state index >= 15 is 0 Å². The molecule has 0 saturated heterocycles. The van der Waals surface area contributed by atoms with Crippen LogP contribution in [0.5, 0.6) is 0 Å². The first kappa shape index (κ1) is 13.1. The molecule has 7 nitrogen and oxygen atoms in total. The van der Waals surface area contributed by atoms with E-state index in [1.165, 1.54) is 27.3 Å². The topological polar surface area (TPSA) is 84.7 Å². The second-order valence-corrected chi connectivity index (χ2v) is 5.32. The predicted octanol–water partition coefficient (Wildman–Crippen LogP) is -0.824. The third-order valence-corrected chi connectivity index (χ3v) is 3.61. The van der Waals surface area contributed by atoms with Crippen molar-refractivity contribution in [2.24, 2.45) is 0 Å². The molecule has 1 heterocycles. The van der Waals surface area contributed by atoms with Crippen molar-refractivity contribution in [3.63, 3.8) is 0 Å². The molecule has 0 fully saturated rings. The van der Waals surface area contributed by atoms with Crippen molar-refractivity contribution in [3.8, 4) is 0 Å². The molecule has 0 unspecified atom stereocenters. The number of rotatable bonds is 5. The number of ether oxygens (including phenoxy) is 1. The lowest BCUT2D eigenvalue weighted by atomic mass is 10.4. The third-order valence-electron chi connectivity index (χ3n) is 1.93. The second-order valence-electron chi connectivity index (χ2n) is 3.35. The summed E-state index contributed by atoms with van der Waals surface area (Å²) in [6.45, 7) is -0.202. The van der Waals surface area contributed by atoms with Crippen molar-refractivity contribution < 1.29 is 18.3 Å². The average molecular weight is 249 g/mol. The molecule has 0 atom stereocenters. The Hall–Kier alpha value is -0.960. The minimum atomic E-state index is -3.67. The van der Waals surface area contributed by atoms with Gasteiger partial charge in [-0.1, -0.05) is 0 Å². The first-order valence-electron chi connectivity index (χ1n) is 4.54. The summed E-state index contributed by atoms with van der Waals surface area (Å²) < 4.78 is 30.5. The zero-order valence-corrected chi connectivity index (χ0v) is 10.2. The fourth-order valence-electron chi connectivity index (χ4n) is 1.13. The monoisotopic (exact) mass is 249 g/mol. The minimum Gasteiger partial charge on any atom is -0.390 e. The highest BCUT2D eigenvalue weighted by atomic mass is 32.2. The average Bonchev–Trinajstić information content (AvgIpc) is 2.62. The van der Waals surface area contributed by atoms with Crippen LogP contribution in [-0.4, -0.2) is 48.2 Å². The van der Waals surface area contributed by atoms with Gasteiger partial charge in [0.1, 0.15) is 0 Å². The summed E-state index contributed by atoms with van der Waals surface area (Å²) in [6, 6.07) is 1.49. The molecule has 0 aliphatic carbocycles. The Morgan fingerprint density at radius 2 is 2.19 bits per heavy atom. The fourth-order valence-corrected chi connectivity index (χ4v) is 2.05. The molecule has 0 radical (unpaired) electrons. The molecule has 16 heavy (non-hydrogen) atoms. The third kappa shape index (κ3) is 2.40. The van der Waals surface area contributed by atoms with Crippen molar-refractivity contribution >= 4 is 10.2 Å². The van der Waals surface area contributed by atoms with Crippen molar-refractivity contribution in [2.45, 2.75) is 13.2 Å². The number of nitrogens with zero attached hydrogens (tertiary/aromatic N) is 3. The Bertz CT molecular complexity index is 452. The van der Waals surface area contributed by atoms with E-state index in [2.05, 4.69) is 5.10 Å². The zero-order valence-electron chi connectivity index (χ0n) is 9.41. The van der Waals surface area contributed by atoms with Gasteiger partial charge in [-0.05, 0) is 6.07 Å². The summed E-state index contributed by atoms with van der Waals surface area (Å²) in [5, 5.41) is 12.7. The van der Waals surface area contributed by atoms with Crippen molar-refractivity contribution in [1.29, 1.82) is 0 Å². The second kappa shape index (κ2) is 4.91. The molecule has 92 valence electrons. The summed E-state index contributed by atoms with van der Waals surface area (Å²) in [5.74, 6) is 0. The summed E-state index contributed by atoms with van der Waals surface area (Å²) in [7, 11) is 0.603. The zero-order chi connectivity index (χ0) is 12.3. The van der Waals surface area contributed by atoms with Gasteiger partial charge < -0.3 is 9.84 Å². The molecule has 0 aromatic carbocycles. The van der Waals surface area contributed by atoms with E-state index in [4.69, 9.17) is 9.84 Å². The van der Waals surface area contributed by atoms with Crippen LogP contribution >= 0.6 is 0 Å². The van der Waals surface area contributed by atoms with Crippen LogP contribution < -0.4 is 0 Å². The van der Waals surface area contributed by atoms with Gasteiger partial charge >= 0.3 is 10.2 Å². The van der Waals surface area contributed by atoms with Gasteiger partial charge in [0.15, 0.2) is 0 Å². The standard InChI is InChI=1S/C8H15N3O4S/c1-10(2)16(13,14)11-8(6-15-3)4-7(5-12)9-11/h4,12H,5-6H2,1-3H3. The lowest BCUT2D eigenvalue weighted by Crippen LogP contribution is -2.31. The number of aliphatic hydroxyl groups excluding tert-OH is 1. The molecule has 0 aliphatic rings. The summed E-state index contributed by atoms with van der Waals surface area (Å²) in [6.07, 6.45) is 0. The number of hydrogen-bond acceptors (Lipinski definition) is 5. The van der Waals surface area contributed by atoms with E-state index < -0.39 is 10.2 Å². The van der Waals surface area contributed by atoms with Crippen LogP contribution in [0.25, 0.3) is 0 Å². The van der Waals surface area contributed by atoms with Gasteiger partial charge in [-0.25, -0.2) is 0 Å². The van der Waals surface area contributed by atoms with Crippen molar-refractivity contribution in [1.82, 2.24) is 13.5 Å². The first-order chi connectivity index (χ1) is 7.43. The largest absolute Gasteiger partial charge is 0.390 e. The van der Waals surface area contributed by atoms with Gasteiger partial charge in [0.05, 0.1) is 24.6 Å². The molecule has 1 N–H and O–H groups in total. The molecular formula is C8H15N3O4S. The Morgan fingerprint density at radius 1 is 1.56 bits per heavy atom. The van der Waals surface area contributed by atoms with Gasteiger partial charge in [0, 0.05) is 21.2 Å². The highest BCUT2D eigenvalue weighted by Crippen LogP contribution is 2.10. The number of methoxy groups -OCH3 is 1. The lowest BCUT2D eigenvalue weighted by molar-refractivity contribution is 0.180. The fraction of sp³-hybridized carbons (Fsp3) is 0.625. The Labute approximate surface area is 94.4 Å². The van der Waals surface area contributed by atoms with Crippen molar-refractivity contribution in [2.75, 3.05) is 21.2 Å². The summed E-state index contributed by atoms with van der Waals surface area (Å²) in [4.78, 5) is 0. The molecule has 8 heteroatoms. The maximum Gasteiger partial charge on any atom is 0.322 e. The molecule has 0 bridgehead atoms. The van der Waals surface area contributed by atoms with Gasteiger partial charge in [0.25, 0.3) is 0 Å². The molecule has 0 amide bonds. The number of aliphatic hydroxyl groups is 1. The van der Waals surface area contributed by atoms with E-state index in [1.807, 2.05) is 0 Å². The molecular weight excluding hydrogens is 234 g/mol. The van der Waals surface area contributed by atoms with Crippen LogP contribution in [0, 0.1) is 0 Å². The van der Waals surface area contributed by atoms with Gasteiger partial charge in [-0.3, -0.25) is 0 Å². The smallest absolute Gasteiger partial charge is 0.322 e. The number of aromatic nitrogens is 2. The minimum absolute atomic E-state index is 0.111. The van der Waals surface area contributed by atoms with Gasteiger partial charge in [-0.15, -0.1) is 4.09 Å².